The second kappa shape index (κ2) is 9.18. The molecule has 0 aliphatic heterocycles. The van der Waals surface area contributed by atoms with Crippen molar-refractivity contribution in [1.82, 2.24) is 14.6 Å². The van der Waals surface area contributed by atoms with Crippen molar-refractivity contribution in [3.05, 3.63) is 94.1 Å². The molecule has 1 heterocycles. The first-order chi connectivity index (χ1) is 15.0. The molecule has 4 rings (SSSR count). The van der Waals surface area contributed by atoms with Crippen LogP contribution < -0.4 is 10.0 Å². The van der Waals surface area contributed by atoms with Crippen LogP contribution in [0.25, 0.3) is 16.6 Å². The monoisotopic (exact) mass is 495 g/mol. The smallest absolute Gasteiger partial charge is 0.252 e. The molecule has 0 aliphatic rings. The summed E-state index contributed by atoms with van der Waals surface area (Å²) in [5.74, 6) is -0.143. The summed E-state index contributed by atoms with van der Waals surface area (Å²) < 4.78 is 17.4. The number of aromatic nitrogens is 1. The molecule has 1 aromatic heterocycles. The first kappa shape index (κ1) is 21.5. The van der Waals surface area contributed by atoms with Gasteiger partial charge < -0.3 is 9.88 Å². The number of fused-ring (bicyclic) bond motifs is 1. The molecular formula is C24H22BrN3O2S. The van der Waals surface area contributed by atoms with Crippen molar-refractivity contribution < 1.29 is 9.00 Å². The lowest BCUT2D eigenvalue weighted by molar-refractivity contribution is 0.0952. The fourth-order valence-corrected chi connectivity index (χ4v) is 4.52. The highest BCUT2D eigenvalue weighted by molar-refractivity contribution is 9.10. The molecule has 3 aromatic carbocycles. The molecule has 2 N–H and O–H groups in total. The highest BCUT2D eigenvalue weighted by Gasteiger charge is 2.15. The Hall–Kier alpha value is -2.74. The number of hydrogen-bond donors (Lipinski definition) is 2. The zero-order valence-electron chi connectivity index (χ0n) is 17.2. The molecule has 7 heteroatoms. The van der Waals surface area contributed by atoms with Crippen LogP contribution in [0.2, 0.25) is 0 Å². The van der Waals surface area contributed by atoms with E-state index < -0.39 is 11.0 Å². The first-order valence-electron chi connectivity index (χ1n) is 9.80. The van der Waals surface area contributed by atoms with Crippen LogP contribution >= 0.6 is 15.9 Å². The van der Waals surface area contributed by atoms with E-state index in [1.165, 1.54) is 5.56 Å². The summed E-state index contributed by atoms with van der Waals surface area (Å²) in [6.45, 7) is 2.45. The number of carbonyl (C=O) groups is 1. The summed E-state index contributed by atoms with van der Waals surface area (Å²) in [7, 11) is 0.429. The average Bonchev–Trinajstić information content (AvgIpc) is 3.21. The van der Waals surface area contributed by atoms with Crippen LogP contribution in [-0.2, 0) is 17.5 Å². The van der Waals surface area contributed by atoms with Gasteiger partial charge in [-0.3, -0.25) is 4.79 Å². The van der Waals surface area contributed by atoms with Crippen molar-refractivity contribution in [3.63, 3.8) is 0 Å². The van der Waals surface area contributed by atoms with Gasteiger partial charge in [-0.2, -0.15) is 0 Å². The van der Waals surface area contributed by atoms with Gasteiger partial charge in [-0.05, 0) is 62.0 Å². The topological polar surface area (TPSA) is 63.1 Å². The summed E-state index contributed by atoms with van der Waals surface area (Å²) in [6, 6.07) is 21.5. The van der Waals surface area contributed by atoms with Gasteiger partial charge in [0.1, 0.15) is 11.0 Å². The molecule has 31 heavy (non-hydrogen) atoms. The maximum atomic E-state index is 13.0. The molecule has 1 atom stereocenters. The molecule has 0 spiro atoms. The lowest BCUT2D eigenvalue weighted by Crippen LogP contribution is -2.23. The van der Waals surface area contributed by atoms with Crippen molar-refractivity contribution in [2.75, 3.05) is 7.05 Å². The number of benzene rings is 3. The largest absolute Gasteiger partial charge is 0.348 e. The third kappa shape index (κ3) is 4.63. The fraction of sp³-hybridized carbons (Fsp3) is 0.125. The Morgan fingerprint density at radius 1 is 1.03 bits per heavy atom. The van der Waals surface area contributed by atoms with Gasteiger partial charge in [0.05, 0.1) is 10.4 Å². The number of rotatable bonds is 6. The molecular weight excluding hydrogens is 474 g/mol. The number of aryl methyl sites for hydroxylation is 1. The lowest BCUT2D eigenvalue weighted by atomic mass is 10.1. The molecule has 0 bridgehead atoms. The zero-order valence-corrected chi connectivity index (χ0v) is 19.6. The summed E-state index contributed by atoms with van der Waals surface area (Å²) in [5.41, 5.74) is 4.76. The number of nitrogens with one attached hydrogen (secondary N) is 2. The van der Waals surface area contributed by atoms with Crippen LogP contribution in [0.3, 0.4) is 0 Å². The minimum absolute atomic E-state index is 0.143. The van der Waals surface area contributed by atoms with Crippen molar-refractivity contribution in [3.8, 4) is 5.69 Å². The normalized spacial score (nSPS) is 12.1. The van der Waals surface area contributed by atoms with Gasteiger partial charge >= 0.3 is 0 Å². The van der Waals surface area contributed by atoms with E-state index in [4.69, 9.17) is 0 Å². The minimum Gasteiger partial charge on any atom is -0.348 e. The summed E-state index contributed by atoms with van der Waals surface area (Å²) in [6.07, 6.45) is 1.99. The van der Waals surface area contributed by atoms with Crippen molar-refractivity contribution >= 4 is 43.7 Å². The van der Waals surface area contributed by atoms with Gasteiger partial charge in [-0.1, -0.05) is 45.8 Å². The summed E-state index contributed by atoms with van der Waals surface area (Å²) in [5, 5.41) is 3.88. The molecule has 1 amide bonds. The second-order valence-electron chi connectivity index (χ2n) is 7.21. The number of hydrogen-bond acceptors (Lipinski definition) is 2. The van der Waals surface area contributed by atoms with Crippen LogP contribution in [0.15, 0.2) is 82.3 Å². The van der Waals surface area contributed by atoms with E-state index in [0.29, 0.717) is 17.0 Å². The van der Waals surface area contributed by atoms with Crippen molar-refractivity contribution in [2.45, 2.75) is 18.4 Å². The molecule has 158 valence electrons. The molecule has 0 saturated heterocycles. The third-order valence-corrected chi connectivity index (χ3v) is 6.63. The Balaban J connectivity index is 1.58. The summed E-state index contributed by atoms with van der Waals surface area (Å²) >= 11 is 3.55. The Morgan fingerprint density at radius 2 is 1.74 bits per heavy atom. The Kier molecular flexibility index (Phi) is 6.36. The molecule has 0 radical (unpaired) electrons. The minimum atomic E-state index is -1.22. The number of nitrogens with zero attached hydrogens (tertiary/aromatic N) is 1. The van der Waals surface area contributed by atoms with E-state index in [-0.39, 0.29) is 5.91 Å². The molecule has 4 aromatic rings. The number of carbonyl (C=O) groups excluding carboxylic acids is 1. The van der Waals surface area contributed by atoms with Crippen molar-refractivity contribution in [2.24, 2.45) is 0 Å². The maximum absolute atomic E-state index is 13.0. The van der Waals surface area contributed by atoms with Crippen LogP contribution in [-0.4, -0.2) is 21.7 Å². The maximum Gasteiger partial charge on any atom is 0.252 e. The first-order valence-corrected chi connectivity index (χ1v) is 11.7. The van der Waals surface area contributed by atoms with Crippen LogP contribution in [0, 0.1) is 6.92 Å². The van der Waals surface area contributed by atoms with Gasteiger partial charge in [-0.25, -0.2) is 8.93 Å². The van der Waals surface area contributed by atoms with Gasteiger partial charge in [0.25, 0.3) is 5.91 Å². The lowest BCUT2D eigenvalue weighted by Gasteiger charge is -2.10. The molecule has 5 nitrogen and oxygen atoms in total. The Bertz CT molecular complexity index is 1260. The van der Waals surface area contributed by atoms with Crippen LogP contribution in [0.4, 0.5) is 0 Å². The SMILES string of the molecule is CNS(=O)c1ccc(CNC(=O)c2cc(Br)cc3c2ccn3-c2ccc(C)cc2)cc1. The van der Waals surface area contributed by atoms with E-state index in [0.717, 1.165) is 26.6 Å². The highest BCUT2D eigenvalue weighted by atomic mass is 79.9. The molecule has 0 saturated carbocycles. The predicted octanol–water partition coefficient (Wildman–Crippen LogP) is 4.87. The molecule has 0 aliphatic carbocycles. The quantitative estimate of drug-likeness (QED) is 0.400. The Morgan fingerprint density at radius 3 is 2.42 bits per heavy atom. The van der Waals surface area contributed by atoms with E-state index in [2.05, 4.69) is 61.7 Å². The molecule has 0 fully saturated rings. The third-order valence-electron chi connectivity index (χ3n) is 5.11. The fourth-order valence-electron chi connectivity index (χ4n) is 3.45. The molecule has 1 unspecified atom stereocenters. The van der Waals surface area contributed by atoms with Gasteiger partial charge in [0.15, 0.2) is 0 Å². The van der Waals surface area contributed by atoms with Crippen LogP contribution in [0.5, 0.6) is 0 Å². The van der Waals surface area contributed by atoms with Crippen molar-refractivity contribution in [1.29, 1.82) is 0 Å². The van der Waals surface area contributed by atoms with E-state index >= 15 is 0 Å². The van der Waals surface area contributed by atoms with Crippen LogP contribution in [0.1, 0.15) is 21.5 Å². The summed E-state index contributed by atoms with van der Waals surface area (Å²) in [4.78, 5) is 13.7. The number of halogens is 1. The zero-order chi connectivity index (χ0) is 22.0. The van der Waals surface area contributed by atoms with E-state index in [1.54, 1.807) is 19.2 Å². The van der Waals surface area contributed by atoms with E-state index in [9.17, 15) is 9.00 Å². The Labute approximate surface area is 192 Å². The standard InChI is InChI=1S/C24H22BrN3O2S/c1-16-3-7-19(8-4-16)28-12-11-21-22(13-18(25)14-23(21)28)24(29)27-15-17-5-9-20(10-6-17)31(30)26-2/h3-14,26H,15H2,1-2H3,(H,27,29). The van der Waals surface area contributed by atoms with E-state index in [1.807, 2.05) is 36.5 Å². The average molecular weight is 496 g/mol. The predicted molar refractivity (Wildman–Crippen MR) is 129 cm³/mol. The van der Waals surface area contributed by atoms with Gasteiger partial charge in [-0.15, -0.1) is 0 Å². The van der Waals surface area contributed by atoms with Gasteiger partial charge in [0, 0.05) is 33.9 Å². The second-order valence-corrected chi connectivity index (χ2v) is 9.54. The highest BCUT2D eigenvalue weighted by Crippen LogP contribution is 2.28. The van der Waals surface area contributed by atoms with Gasteiger partial charge in [0.2, 0.25) is 0 Å². The number of amides is 1.